The van der Waals surface area contributed by atoms with Gasteiger partial charge in [-0.15, -0.1) is 0 Å². The molecular formula is C28H24N2O4S. The minimum absolute atomic E-state index is 0.000902. The predicted octanol–water partition coefficient (Wildman–Crippen LogP) is 5.64. The van der Waals surface area contributed by atoms with Crippen LogP contribution in [0, 0.1) is 17.0 Å². The van der Waals surface area contributed by atoms with Gasteiger partial charge in [-0.2, -0.15) is 0 Å². The molecule has 0 saturated carbocycles. The summed E-state index contributed by atoms with van der Waals surface area (Å²) in [5, 5.41) is 11.3. The molecule has 0 amide bonds. The van der Waals surface area contributed by atoms with E-state index in [1.807, 2.05) is 61.5 Å². The molecule has 1 unspecified atom stereocenters. The molecule has 0 aromatic heterocycles. The lowest BCUT2D eigenvalue weighted by atomic mass is 9.72. The number of hydrogen-bond donors (Lipinski definition) is 0. The Labute approximate surface area is 204 Å². The fraction of sp³-hybridized carbons (Fsp3) is 0.143. The standard InChI is InChI=1S/C28H24N2O4S/c1-21-11-17-25(18-12-21)35(33,34)29-20-28(19-22-7-3-2-4-8-22,26-9-5-6-10-27(26)29)23-13-15-24(16-14-23)30(31)32/h2-18H,19-20H2,1H3. The Hall–Kier alpha value is -3.97. The van der Waals surface area contributed by atoms with E-state index in [2.05, 4.69) is 0 Å². The molecule has 7 heteroatoms. The normalized spacial score (nSPS) is 17.2. The molecular weight excluding hydrogens is 460 g/mol. The Morgan fingerprint density at radius 3 is 2.14 bits per heavy atom. The Morgan fingerprint density at radius 1 is 0.857 bits per heavy atom. The van der Waals surface area contributed by atoms with E-state index in [0.717, 1.165) is 22.3 Å². The van der Waals surface area contributed by atoms with Gasteiger partial charge >= 0.3 is 0 Å². The Morgan fingerprint density at radius 2 is 1.49 bits per heavy atom. The van der Waals surface area contributed by atoms with E-state index >= 15 is 0 Å². The van der Waals surface area contributed by atoms with Crippen LogP contribution in [0.25, 0.3) is 0 Å². The van der Waals surface area contributed by atoms with Crippen molar-refractivity contribution in [1.29, 1.82) is 0 Å². The minimum Gasteiger partial charge on any atom is -0.265 e. The number of fused-ring (bicyclic) bond motifs is 1. The van der Waals surface area contributed by atoms with Crippen molar-refractivity contribution in [3.63, 3.8) is 0 Å². The summed E-state index contributed by atoms with van der Waals surface area (Å²) in [6, 6.07) is 30.8. The van der Waals surface area contributed by atoms with E-state index in [9.17, 15) is 18.5 Å². The van der Waals surface area contributed by atoms with Crippen LogP contribution in [0.15, 0.2) is 108 Å². The second-order valence-corrected chi connectivity index (χ2v) is 10.8. The number of anilines is 1. The zero-order valence-corrected chi connectivity index (χ0v) is 20.0. The van der Waals surface area contributed by atoms with E-state index in [4.69, 9.17) is 0 Å². The molecule has 0 aliphatic carbocycles. The van der Waals surface area contributed by atoms with Crippen molar-refractivity contribution < 1.29 is 13.3 Å². The van der Waals surface area contributed by atoms with Crippen molar-refractivity contribution in [1.82, 2.24) is 0 Å². The van der Waals surface area contributed by atoms with Crippen LogP contribution in [-0.4, -0.2) is 19.9 Å². The molecule has 0 saturated heterocycles. The Balaban J connectivity index is 1.70. The summed E-state index contributed by atoms with van der Waals surface area (Å²) in [6.07, 6.45) is 0.544. The molecule has 5 rings (SSSR count). The molecule has 1 atom stereocenters. The van der Waals surface area contributed by atoms with Crippen LogP contribution >= 0.6 is 0 Å². The minimum atomic E-state index is -3.84. The smallest absolute Gasteiger partial charge is 0.265 e. The first-order chi connectivity index (χ1) is 16.8. The van der Waals surface area contributed by atoms with E-state index in [-0.39, 0.29) is 17.1 Å². The topological polar surface area (TPSA) is 80.5 Å². The van der Waals surface area contributed by atoms with Gasteiger partial charge in [0.1, 0.15) is 0 Å². The number of nitro groups is 1. The maximum atomic E-state index is 13.9. The average Bonchev–Trinajstić information content (AvgIpc) is 3.21. The number of sulfonamides is 1. The molecule has 6 nitrogen and oxygen atoms in total. The summed E-state index contributed by atoms with van der Waals surface area (Å²) in [5.41, 5.74) is 3.66. The van der Waals surface area contributed by atoms with Crippen molar-refractivity contribution in [2.45, 2.75) is 23.7 Å². The number of para-hydroxylation sites is 1. The molecule has 4 aromatic carbocycles. The molecule has 4 aromatic rings. The van der Waals surface area contributed by atoms with Crippen LogP contribution in [0.3, 0.4) is 0 Å². The van der Waals surface area contributed by atoms with Crippen LogP contribution in [0.5, 0.6) is 0 Å². The molecule has 35 heavy (non-hydrogen) atoms. The van der Waals surface area contributed by atoms with Gasteiger partial charge in [-0.3, -0.25) is 14.4 Å². The number of non-ortho nitro benzene ring substituents is 1. The fourth-order valence-corrected chi connectivity index (χ4v) is 6.45. The summed E-state index contributed by atoms with van der Waals surface area (Å²) in [5.74, 6) is 0. The highest BCUT2D eigenvalue weighted by molar-refractivity contribution is 7.92. The Kier molecular flexibility index (Phi) is 5.65. The van der Waals surface area contributed by atoms with Crippen molar-refractivity contribution in [3.05, 3.63) is 135 Å². The first kappa shape index (κ1) is 22.8. The van der Waals surface area contributed by atoms with Crippen molar-refractivity contribution in [2.24, 2.45) is 0 Å². The van der Waals surface area contributed by atoms with Gasteiger partial charge < -0.3 is 0 Å². The lowest BCUT2D eigenvalue weighted by Gasteiger charge is -2.31. The molecule has 1 aliphatic rings. The second-order valence-electron chi connectivity index (χ2n) is 8.89. The maximum Gasteiger partial charge on any atom is 0.269 e. The van der Waals surface area contributed by atoms with Crippen LogP contribution in [-0.2, 0) is 21.9 Å². The van der Waals surface area contributed by atoms with Gasteiger partial charge in [0, 0.05) is 24.1 Å². The number of rotatable bonds is 6. The van der Waals surface area contributed by atoms with E-state index < -0.39 is 20.4 Å². The summed E-state index contributed by atoms with van der Waals surface area (Å²) in [7, 11) is -3.84. The summed E-state index contributed by atoms with van der Waals surface area (Å²) in [6.45, 7) is 2.11. The molecule has 1 heterocycles. The highest BCUT2D eigenvalue weighted by Crippen LogP contribution is 2.49. The maximum absolute atomic E-state index is 13.9. The molecule has 176 valence electrons. The first-order valence-corrected chi connectivity index (χ1v) is 12.7. The number of nitro benzene ring substituents is 1. The predicted molar refractivity (Wildman–Crippen MR) is 136 cm³/mol. The lowest BCUT2D eigenvalue weighted by Crippen LogP contribution is -2.39. The summed E-state index contributed by atoms with van der Waals surface area (Å²) >= 11 is 0. The largest absolute Gasteiger partial charge is 0.269 e. The zero-order valence-electron chi connectivity index (χ0n) is 19.2. The molecule has 0 spiro atoms. The number of benzene rings is 4. The third-order valence-electron chi connectivity index (χ3n) is 6.69. The van der Waals surface area contributed by atoms with Gasteiger partial charge in [0.2, 0.25) is 0 Å². The van der Waals surface area contributed by atoms with Crippen LogP contribution in [0.1, 0.15) is 22.3 Å². The highest BCUT2D eigenvalue weighted by Gasteiger charge is 2.48. The fourth-order valence-electron chi connectivity index (χ4n) is 4.91. The molecule has 0 bridgehead atoms. The van der Waals surface area contributed by atoms with Gasteiger partial charge in [-0.25, -0.2) is 8.42 Å². The van der Waals surface area contributed by atoms with Gasteiger partial charge in [-0.05, 0) is 48.2 Å². The highest BCUT2D eigenvalue weighted by atomic mass is 32.2. The van der Waals surface area contributed by atoms with Crippen molar-refractivity contribution >= 4 is 21.4 Å². The molecule has 1 aliphatic heterocycles. The summed E-state index contributed by atoms with van der Waals surface area (Å²) in [4.78, 5) is 11.1. The van der Waals surface area contributed by atoms with E-state index in [1.54, 1.807) is 36.4 Å². The van der Waals surface area contributed by atoms with Gasteiger partial charge in [-0.1, -0.05) is 78.4 Å². The number of aryl methyl sites for hydroxylation is 1. The average molecular weight is 485 g/mol. The zero-order chi connectivity index (χ0) is 24.6. The SMILES string of the molecule is Cc1ccc(S(=O)(=O)N2CC(Cc3ccccc3)(c3ccc([N+](=O)[O-])cc3)c3ccccc32)cc1. The monoisotopic (exact) mass is 484 g/mol. The third-order valence-corrected chi connectivity index (χ3v) is 8.46. The van der Waals surface area contributed by atoms with Crippen molar-refractivity contribution in [3.8, 4) is 0 Å². The van der Waals surface area contributed by atoms with Gasteiger partial charge in [0.25, 0.3) is 15.7 Å². The van der Waals surface area contributed by atoms with Crippen molar-refractivity contribution in [2.75, 3.05) is 10.8 Å². The quantitative estimate of drug-likeness (QED) is 0.262. The van der Waals surface area contributed by atoms with Crippen LogP contribution in [0.2, 0.25) is 0 Å². The van der Waals surface area contributed by atoms with Crippen LogP contribution < -0.4 is 4.31 Å². The summed E-state index contributed by atoms with van der Waals surface area (Å²) < 4.78 is 29.2. The van der Waals surface area contributed by atoms with E-state index in [1.165, 1.54) is 16.4 Å². The third kappa shape index (κ3) is 3.98. The van der Waals surface area contributed by atoms with Gasteiger partial charge in [0.05, 0.1) is 15.5 Å². The van der Waals surface area contributed by atoms with Gasteiger partial charge in [0.15, 0.2) is 0 Å². The Bertz CT molecular complexity index is 1480. The molecule has 0 fully saturated rings. The molecule has 0 radical (unpaired) electrons. The van der Waals surface area contributed by atoms with Crippen LogP contribution in [0.4, 0.5) is 11.4 Å². The first-order valence-electron chi connectivity index (χ1n) is 11.3. The number of hydrogen-bond acceptors (Lipinski definition) is 4. The lowest BCUT2D eigenvalue weighted by molar-refractivity contribution is -0.384. The second kappa shape index (κ2) is 8.67. The molecule has 0 N–H and O–H groups in total. The van der Waals surface area contributed by atoms with E-state index in [0.29, 0.717) is 12.1 Å². The number of nitrogens with zero attached hydrogens (tertiary/aromatic N) is 2.